The van der Waals surface area contributed by atoms with E-state index in [4.69, 9.17) is 21.4 Å². The zero-order valence-electron chi connectivity index (χ0n) is 10.4. The van der Waals surface area contributed by atoms with E-state index in [2.05, 4.69) is 0 Å². The maximum Gasteiger partial charge on any atom is 0.125 e. The minimum absolute atomic E-state index is 0.188. The van der Waals surface area contributed by atoms with Crippen LogP contribution in [0.3, 0.4) is 0 Å². The highest BCUT2D eigenvalue weighted by Crippen LogP contribution is 2.36. The van der Waals surface area contributed by atoms with Crippen molar-refractivity contribution in [1.82, 2.24) is 0 Å². The van der Waals surface area contributed by atoms with Gasteiger partial charge in [0.05, 0.1) is 7.11 Å². The Morgan fingerprint density at radius 2 is 1.75 bits per heavy atom. The molecule has 0 saturated carbocycles. The van der Waals surface area contributed by atoms with E-state index in [9.17, 15) is 0 Å². The third kappa shape index (κ3) is 2.33. The van der Waals surface area contributed by atoms with Crippen LogP contribution in [0.15, 0.2) is 0 Å². The number of aliphatic hydroxyl groups excluding tert-OH is 1. The van der Waals surface area contributed by atoms with Gasteiger partial charge in [0.1, 0.15) is 5.75 Å². The molecule has 0 fully saturated rings. The Bertz CT molecular complexity index is 386. The Morgan fingerprint density at radius 1 is 1.12 bits per heavy atom. The summed E-state index contributed by atoms with van der Waals surface area (Å²) < 4.78 is 5.45. The molecule has 1 rings (SSSR count). The molecule has 0 bridgehead atoms. The third-order valence-electron chi connectivity index (χ3n) is 3.08. The first-order valence-corrected chi connectivity index (χ1v) is 5.85. The average Bonchev–Trinajstić information content (AvgIpc) is 2.29. The Labute approximate surface area is 102 Å². The lowest BCUT2D eigenvalue weighted by molar-refractivity contribution is 0.287. The van der Waals surface area contributed by atoms with Gasteiger partial charge >= 0.3 is 0 Å². The van der Waals surface area contributed by atoms with Gasteiger partial charge in [0, 0.05) is 11.6 Å². The van der Waals surface area contributed by atoms with E-state index in [1.54, 1.807) is 7.11 Å². The Hall–Kier alpha value is -0.730. The van der Waals surface area contributed by atoms with Gasteiger partial charge in [-0.25, -0.2) is 0 Å². The highest BCUT2D eigenvalue weighted by Gasteiger charge is 2.16. The fourth-order valence-electron chi connectivity index (χ4n) is 1.98. The fraction of sp³-hybridized carbons (Fsp3) is 0.538. The minimum atomic E-state index is 0.188. The lowest BCUT2D eigenvalue weighted by atomic mass is 9.96. The zero-order chi connectivity index (χ0) is 12.3. The first kappa shape index (κ1) is 13.3. The van der Waals surface area contributed by atoms with E-state index in [1.807, 2.05) is 20.8 Å². The quantitative estimate of drug-likeness (QED) is 0.879. The SMILES string of the molecule is COc1c(C)c(C)c(Cl)c(C)c1CCCO. The van der Waals surface area contributed by atoms with Gasteiger partial charge in [0.15, 0.2) is 0 Å². The first-order chi connectivity index (χ1) is 7.54. The lowest BCUT2D eigenvalue weighted by Gasteiger charge is -2.18. The largest absolute Gasteiger partial charge is 0.496 e. The predicted octanol–water partition coefficient (Wildman–Crippen LogP) is 3.20. The number of rotatable bonds is 4. The molecule has 0 amide bonds. The van der Waals surface area contributed by atoms with Gasteiger partial charge in [0.2, 0.25) is 0 Å². The van der Waals surface area contributed by atoms with E-state index < -0.39 is 0 Å². The van der Waals surface area contributed by atoms with Crippen LogP contribution in [-0.2, 0) is 6.42 Å². The fourth-order valence-corrected chi connectivity index (χ4v) is 2.23. The highest BCUT2D eigenvalue weighted by molar-refractivity contribution is 6.32. The molecule has 2 nitrogen and oxygen atoms in total. The lowest BCUT2D eigenvalue weighted by Crippen LogP contribution is -2.02. The number of hydrogen-bond acceptors (Lipinski definition) is 2. The van der Waals surface area contributed by atoms with E-state index in [1.165, 1.54) is 0 Å². The second kappa shape index (κ2) is 5.55. The number of methoxy groups -OCH3 is 1. The molecule has 0 heterocycles. The van der Waals surface area contributed by atoms with Crippen molar-refractivity contribution >= 4 is 11.6 Å². The molecule has 0 unspecified atom stereocenters. The molecule has 1 N–H and O–H groups in total. The molecule has 0 aromatic heterocycles. The minimum Gasteiger partial charge on any atom is -0.496 e. The zero-order valence-corrected chi connectivity index (χ0v) is 11.1. The van der Waals surface area contributed by atoms with Gasteiger partial charge in [-0.05, 0) is 55.9 Å². The van der Waals surface area contributed by atoms with Crippen LogP contribution in [0, 0.1) is 20.8 Å². The monoisotopic (exact) mass is 242 g/mol. The number of hydrogen-bond donors (Lipinski definition) is 1. The van der Waals surface area contributed by atoms with E-state index in [-0.39, 0.29) is 6.61 Å². The van der Waals surface area contributed by atoms with Gasteiger partial charge in [-0.1, -0.05) is 11.6 Å². The molecule has 0 aliphatic carbocycles. The summed E-state index contributed by atoms with van der Waals surface area (Å²) in [7, 11) is 1.68. The summed E-state index contributed by atoms with van der Waals surface area (Å²) in [4.78, 5) is 0. The normalized spacial score (nSPS) is 10.6. The van der Waals surface area contributed by atoms with Crippen LogP contribution in [-0.4, -0.2) is 18.8 Å². The maximum absolute atomic E-state index is 8.90. The highest BCUT2D eigenvalue weighted by atomic mass is 35.5. The number of ether oxygens (including phenoxy) is 1. The Balaban J connectivity index is 3.33. The van der Waals surface area contributed by atoms with Crippen molar-refractivity contribution in [2.45, 2.75) is 33.6 Å². The van der Waals surface area contributed by atoms with Crippen molar-refractivity contribution in [3.05, 3.63) is 27.3 Å². The topological polar surface area (TPSA) is 29.5 Å². The van der Waals surface area contributed by atoms with Crippen LogP contribution >= 0.6 is 11.6 Å². The van der Waals surface area contributed by atoms with Crippen LogP contribution in [0.5, 0.6) is 5.75 Å². The van der Waals surface area contributed by atoms with E-state index >= 15 is 0 Å². The summed E-state index contributed by atoms with van der Waals surface area (Å²) in [6, 6.07) is 0. The summed E-state index contributed by atoms with van der Waals surface area (Å²) in [5.74, 6) is 0.910. The van der Waals surface area contributed by atoms with Gasteiger partial charge in [0.25, 0.3) is 0 Å². The van der Waals surface area contributed by atoms with Crippen LogP contribution in [0.4, 0.5) is 0 Å². The molecule has 1 aromatic rings. The summed E-state index contributed by atoms with van der Waals surface area (Å²) in [5, 5.41) is 9.71. The molecular weight excluding hydrogens is 224 g/mol. The number of halogens is 1. The van der Waals surface area contributed by atoms with Crippen molar-refractivity contribution < 1.29 is 9.84 Å². The molecule has 16 heavy (non-hydrogen) atoms. The van der Waals surface area contributed by atoms with Gasteiger partial charge in [-0.3, -0.25) is 0 Å². The van der Waals surface area contributed by atoms with Crippen molar-refractivity contribution in [3.63, 3.8) is 0 Å². The molecule has 0 atom stereocenters. The summed E-state index contributed by atoms with van der Waals surface area (Å²) >= 11 is 6.28. The summed E-state index contributed by atoms with van der Waals surface area (Å²) in [6.45, 7) is 6.21. The second-order valence-corrected chi connectivity index (χ2v) is 4.41. The second-order valence-electron chi connectivity index (χ2n) is 4.03. The Morgan fingerprint density at radius 3 is 2.25 bits per heavy atom. The summed E-state index contributed by atoms with van der Waals surface area (Å²) in [5.41, 5.74) is 4.34. The number of aliphatic hydroxyl groups is 1. The molecular formula is C13H19ClO2. The molecule has 0 spiro atoms. The average molecular weight is 243 g/mol. The van der Waals surface area contributed by atoms with Crippen molar-refractivity contribution in [3.8, 4) is 5.75 Å². The number of benzene rings is 1. The van der Waals surface area contributed by atoms with Crippen molar-refractivity contribution in [1.29, 1.82) is 0 Å². The van der Waals surface area contributed by atoms with Crippen molar-refractivity contribution in [2.75, 3.05) is 13.7 Å². The van der Waals surface area contributed by atoms with Crippen LogP contribution in [0.25, 0.3) is 0 Å². The van der Waals surface area contributed by atoms with Crippen LogP contribution in [0.1, 0.15) is 28.7 Å². The molecule has 1 aromatic carbocycles. The molecule has 0 saturated heterocycles. The molecule has 0 aliphatic heterocycles. The first-order valence-electron chi connectivity index (χ1n) is 5.47. The smallest absolute Gasteiger partial charge is 0.125 e. The van der Waals surface area contributed by atoms with E-state index in [0.29, 0.717) is 0 Å². The molecule has 0 aliphatic rings. The molecule has 3 heteroatoms. The van der Waals surface area contributed by atoms with Crippen LogP contribution in [0.2, 0.25) is 5.02 Å². The van der Waals surface area contributed by atoms with Gasteiger partial charge in [-0.15, -0.1) is 0 Å². The standard InChI is InChI=1S/C13H19ClO2/c1-8-9(2)13(16-4)11(6-5-7-15)10(3)12(8)14/h15H,5-7H2,1-4H3. The molecule has 0 radical (unpaired) electrons. The van der Waals surface area contributed by atoms with Gasteiger partial charge < -0.3 is 9.84 Å². The predicted molar refractivity (Wildman–Crippen MR) is 67.6 cm³/mol. The van der Waals surface area contributed by atoms with Crippen LogP contribution < -0.4 is 4.74 Å². The van der Waals surface area contributed by atoms with E-state index in [0.717, 1.165) is 45.9 Å². The third-order valence-corrected chi connectivity index (χ3v) is 3.64. The van der Waals surface area contributed by atoms with Gasteiger partial charge in [-0.2, -0.15) is 0 Å². The maximum atomic E-state index is 8.90. The Kier molecular flexibility index (Phi) is 4.63. The van der Waals surface area contributed by atoms with Crippen molar-refractivity contribution in [2.24, 2.45) is 0 Å². The molecule has 90 valence electrons. The summed E-state index contributed by atoms with van der Waals surface area (Å²) in [6.07, 6.45) is 1.53.